The van der Waals surface area contributed by atoms with Crippen molar-refractivity contribution in [1.82, 2.24) is 5.32 Å². The molecule has 0 bridgehead atoms. The minimum Gasteiger partial charge on any atom is -0.346 e. The van der Waals surface area contributed by atoms with Gasteiger partial charge in [-0.25, -0.2) is 0 Å². The Labute approximate surface area is 167 Å². The van der Waals surface area contributed by atoms with E-state index in [0.717, 1.165) is 16.0 Å². The van der Waals surface area contributed by atoms with Crippen molar-refractivity contribution in [2.75, 3.05) is 0 Å². The Morgan fingerprint density at radius 3 is 2.50 bits per heavy atom. The van der Waals surface area contributed by atoms with Crippen molar-refractivity contribution in [1.29, 1.82) is 5.26 Å². The summed E-state index contributed by atoms with van der Waals surface area (Å²) in [7, 11) is 0. The third-order valence-corrected chi connectivity index (χ3v) is 5.89. The van der Waals surface area contributed by atoms with Crippen molar-refractivity contribution in [3.05, 3.63) is 95.6 Å². The van der Waals surface area contributed by atoms with E-state index < -0.39 is 0 Å². The number of thiophene rings is 1. The number of amides is 1. The summed E-state index contributed by atoms with van der Waals surface area (Å²) in [6.07, 6.45) is 0. The molecule has 0 spiro atoms. The van der Waals surface area contributed by atoms with Gasteiger partial charge in [-0.3, -0.25) is 4.79 Å². The Kier molecular flexibility index (Phi) is 4.92. The van der Waals surface area contributed by atoms with Gasteiger partial charge in [-0.2, -0.15) is 5.26 Å². The molecule has 4 aromatic rings. The minimum atomic E-state index is -0.173. The summed E-state index contributed by atoms with van der Waals surface area (Å²) in [6, 6.07) is 27.4. The van der Waals surface area contributed by atoms with Gasteiger partial charge in [0, 0.05) is 20.7 Å². The highest BCUT2D eigenvalue weighted by molar-refractivity contribution is 7.22. The van der Waals surface area contributed by atoms with Crippen LogP contribution in [0.3, 0.4) is 0 Å². The number of nitrogens with zero attached hydrogens (tertiary/aromatic N) is 1. The van der Waals surface area contributed by atoms with Crippen LogP contribution in [0.2, 0.25) is 0 Å². The van der Waals surface area contributed by atoms with Crippen LogP contribution in [0.4, 0.5) is 0 Å². The lowest BCUT2D eigenvalue weighted by Gasteiger charge is -2.16. The van der Waals surface area contributed by atoms with Gasteiger partial charge in [-0.1, -0.05) is 42.5 Å². The van der Waals surface area contributed by atoms with Crippen LogP contribution in [0.5, 0.6) is 0 Å². The van der Waals surface area contributed by atoms with Gasteiger partial charge >= 0.3 is 0 Å². The third-order valence-electron chi connectivity index (χ3n) is 4.74. The predicted molar refractivity (Wildman–Crippen MR) is 114 cm³/mol. The quantitative estimate of drug-likeness (QED) is 0.475. The number of nitrogens with one attached hydrogen (secondary N) is 1. The molecular weight excluding hydrogens is 364 g/mol. The maximum Gasteiger partial charge on any atom is 0.251 e. The van der Waals surface area contributed by atoms with E-state index in [4.69, 9.17) is 0 Å². The fourth-order valence-electron chi connectivity index (χ4n) is 3.20. The van der Waals surface area contributed by atoms with Crippen LogP contribution >= 0.6 is 11.3 Å². The maximum absolute atomic E-state index is 12.5. The highest BCUT2D eigenvalue weighted by atomic mass is 32.1. The minimum absolute atomic E-state index is 0.110. The second kappa shape index (κ2) is 7.67. The molecule has 136 valence electrons. The molecule has 4 rings (SSSR count). The number of benzene rings is 3. The first-order valence-corrected chi connectivity index (χ1v) is 9.86. The zero-order valence-electron chi connectivity index (χ0n) is 15.3. The van der Waals surface area contributed by atoms with Gasteiger partial charge in [-0.05, 0) is 54.3 Å². The summed E-state index contributed by atoms with van der Waals surface area (Å²) < 4.78 is 1.19. The topological polar surface area (TPSA) is 52.9 Å². The highest BCUT2D eigenvalue weighted by Crippen LogP contribution is 2.36. The Bertz CT molecular complexity index is 1160. The summed E-state index contributed by atoms with van der Waals surface area (Å²) in [5, 5.41) is 13.8. The van der Waals surface area contributed by atoms with E-state index in [2.05, 4.69) is 29.6 Å². The maximum atomic E-state index is 12.5. The molecule has 1 atom stereocenters. The number of rotatable bonds is 4. The number of carbonyl (C=O) groups excluding carboxylic acids is 1. The van der Waals surface area contributed by atoms with Crippen molar-refractivity contribution in [2.45, 2.75) is 13.0 Å². The average molecular weight is 382 g/mol. The fourth-order valence-corrected chi connectivity index (χ4v) is 4.29. The number of hydrogen-bond acceptors (Lipinski definition) is 3. The van der Waals surface area contributed by atoms with E-state index in [-0.39, 0.29) is 11.9 Å². The van der Waals surface area contributed by atoms with Crippen LogP contribution in [-0.2, 0) is 0 Å². The smallest absolute Gasteiger partial charge is 0.251 e. The van der Waals surface area contributed by atoms with Crippen molar-refractivity contribution < 1.29 is 4.79 Å². The van der Waals surface area contributed by atoms with E-state index >= 15 is 0 Å². The first-order valence-electron chi connectivity index (χ1n) is 9.04. The Morgan fingerprint density at radius 2 is 1.75 bits per heavy atom. The van der Waals surface area contributed by atoms with Gasteiger partial charge in [0.15, 0.2) is 0 Å². The summed E-state index contributed by atoms with van der Waals surface area (Å²) in [6.45, 7) is 1.96. The molecule has 1 heterocycles. The van der Waals surface area contributed by atoms with E-state index in [1.807, 2.05) is 55.5 Å². The molecule has 0 radical (unpaired) electrons. The van der Waals surface area contributed by atoms with Crippen molar-refractivity contribution >= 4 is 27.3 Å². The Hall–Kier alpha value is -3.42. The lowest BCUT2D eigenvalue weighted by Crippen LogP contribution is -2.26. The summed E-state index contributed by atoms with van der Waals surface area (Å²) >= 11 is 1.67. The molecule has 28 heavy (non-hydrogen) atoms. The van der Waals surface area contributed by atoms with Gasteiger partial charge in [-0.15, -0.1) is 11.3 Å². The largest absolute Gasteiger partial charge is 0.346 e. The van der Waals surface area contributed by atoms with E-state index in [1.54, 1.807) is 23.5 Å². The molecule has 0 aliphatic rings. The van der Waals surface area contributed by atoms with Crippen molar-refractivity contribution in [3.63, 3.8) is 0 Å². The van der Waals surface area contributed by atoms with Crippen molar-refractivity contribution in [2.24, 2.45) is 0 Å². The van der Waals surface area contributed by atoms with Crippen LogP contribution in [-0.4, -0.2) is 5.91 Å². The zero-order valence-corrected chi connectivity index (χ0v) is 16.2. The molecule has 1 amide bonds. The van der Waals surface area contributed by atoms with Crippen LogP contribution in [0.15, 0.2) is 78.9 Å². The first-order chi connectivity index (χ1) is 13.7. The number of nitriles is 1. The average Bonchev–Trinajstić information content (AvgIpc) is 3.18. The molecular formula is C24H18N2OS. The molecule has 0 aliphatic heterocycles. The van der Waals surface area contributed by atoms with Crippen LogP contribution in [0.25, 0.3) is 20.5 Å². The molecule has 0 saturated carbocycles. The third kappa shape index (κ3) is 3.53. The molecule has 0 saturated heterocycles. The second-order valence-corrected chi connectivity index (χ2v) is 7.71. The van der Waals surface area contributed by atoms with Crippen LogP contribution < -0.4 is 5.32 Å². The van der Waals surface area contributed by atoms with E-state index in [0.29, 0.717) is 11.1 Å². The van der Waals surface area contributed by atoms with Crippen molar-refractivity contribution in [3.8, 4) is 16.5 Å². The van der Waals surface area contributed by atoms with Gasteiger partial charge < -0.3 is 5.32 Å². The van der Waals surface area contributed by atoms with Crippen LogP contribution in [0.1, 0.15) is 34.5 Å². The Balaban J connectivity index is 1.66. The SMILES string of the molecule is CC(NC(=O)c1ccccc1)c1ccc(C#N)c(-c2cc3ccccc3s2)c1. The van der Waals surface area contributed by atoms with Crippen LogP contribution in [0, 0.1) is 11.3 Å². The summed E-state index contributed by atoms with van der Waals surface area (Å²) in [5.41, 5.74) is 3.14. The Morgan fingerprint density at radius 1 is 1.00 bits per heavy atom. The molecule has 4 heteroatoms. The molecule has 0 aliphatic carbocycles. The molecule has 3 nitrogen and oxygen atoms in total. The summed E-state index contributed by atoms with van der Waals surface area (Å²) in [4.78, 5) is 13.5. The highest BCUT2D eigenvalue weighted by Gasteiger charge is 2.15. The number of fused-ring (bicyclic) bond motifs is 1. The lowest BCUT2D eigenvalue weighted by molar-refractivity contribution is 0.0940. The molecule has 1 N–H and O–H groups in total. The van der Waals surface area contributed by atoms with Gasteiger partial charge in [0.1, 0.15) is 0 Å². The molecule has 1 unspecified atom stereocenters. The fraction of sp³-hybridized carbons (Fsp3) is 0.0833. The van der Waals surface area contributed by atoms with E-state index in [9.17, 15) is 10.1 Å². The van der Waals surface area contributed by atoms with Gasteiger partial charge in [0.2, 0.25) is 0 Å². The number of hydrogen-bond donors (Lipinski definition) is 1. The zero-order chi connectivity index (χ0) is 19.5. The van der Waals surface area contributed by atoms with Gasteiger partial charge in [0.05, 0.1) is 17.7 Å². The molecule has 0 fully saturated rings. The number of carbonyl (C=O) groups is 1. The standard InChI is InChI=1S/C24H18N2OS/c1-16(26-24(27)17-7-3-2-4-8-17)18-11-12-20(15-25)21(13-18)23-14-19-9-5-6-10-22(19)28-23/h2-14,16H,1H3,(H,26,27). The first kappa shape index (κ1) is 18.0. The monoisotopic (exact) mass is 382 g/mol. The molecule has 1 aromatic heterocycles. The second-order valence-electron chi connectivity index (χ2n) is 6.63. The normalized spacial score (nSPS) is 11.7. The van der Waals surface area contributed by atoms with E-state index in [1.165, 1.54) is 10.1 Å². The predicted octanol–water partition coefficient (Wildman–Crippen LogP) is 5.93. The molecule has 3 aromatic carbocycles. The summed E-state index contributed by atoms with van der Waals surface area (Å²) in [5.74, 6) is -0.110. The lowest BCUT2D eigenvalue weighted by atomic mass is 9.99. The van der Waals surface area contributed by atoms with Gasteiger partial charge in [0.25, 0.3) is 5.91 Å².